The van der Waals surface area contributed by atoms with Gasteiger partial charge < -0.3 is 0 Å². The van der Waals surface area contributed by atoms with Gasteiger partial charge in [0.1, 0.15) is 5.15 Å². The van der Waals surface area contributed by atoms with Gasteiger partial charge in [0.15, 0.2) is 0 Å². The molecule has 0 radical (unpaired) electrons. The summed E-state index contributed by atoms with van der Waals surface area (Å²) in [7, 11) is 0. The monoisotopic (exact) mass is 275 g/mol. The molecular weight excluding hydrogens is 273 g/mol. The highest BCUT2D eigenvalue weighted by molar-refractivity contribution is 9.10. The highest BCUT2D eigenvalue weighted by atomic mass is 79.9. The van der Waals surface area contributed by atoms with Crippen LogP contribution in [0.25, 0.3) is 10.9 Å². The zero-order valence-corrected chi connectivity index (χ0v) is 9.49. The lowest BCUT2D eigenvalue weighted by Crippen LogP contribution is -1.81. The third kappa shape index (κ3) is 1.66. The molecule has 0 aliphatic carbocycles. The summed E-state index contributed by atoms with van der Waals surface area (Å²) in [5, 5.41) is 2.05. The molecule has 1 nitrogen and oxygen atoms in total. The molecule has 0 bridgehead atoms. The quantitative estimate of drug-likeness (QED) is 0.654. The highest BCUT2D eigenvalue weighted by Crippen LogP contribution is 2.29. The van der Waals surface area contributed by atoms with Crippen LogP contribution in [0.3, 0.4) is 0 Å². The maximum atomic E-state index is 5.98. The summed E-state index contributed by atoms with van der Waals surface area (Å²) in [5.41, 5.74) is 0.792. The van der Waals surface area contributed by atoms with E-state index in [0.717, 1.165) is 15.4 Å². The van der Waals surface area contributed by atoms with Crippen LogP contribution in [-0.4, -0.2) is 4.98 Å². The molecule has 0 atom stereocenters. The summed E-state index contributed by atoms with van der Waals surface area (Å²) >= 11 is 15.1. The normalized spacial score (nSPS) is 10.7. The van der Waals surface area contributed by atoms with E-state index in [-0.39, 0.29) is 0 Å². The van der Waals surface area contributed by atoms with Crippen molar-refractivity contribution >= 4 is 50.0 Å². The molecule has 0 spiro atoms. The van der Waals surface area contributed by atoms with Crippen molar-refractivity contribution in [2.45, 2.75) is 0 Å². The SMILES string of the molecule is Clc1ccc2c(Cl)ccc(Br)c2n1. The number of pyridine rings is 1. The first kappa shape index (κ1) is 9.25. The van der Waals surface area contributed by atoms with Crippen molar-refractivity contribution < 1.29 is 0 Å². The van der Waals surface area contributed by atoms with Gasteiger partial charge in [-0.15, -0.1) is 0 Å². The van der Waals surface area contributed by atoms with Gasteiger partial charge in [0.25, 0.3) is 0 Å². The molecule has 0 aliphatic rings. The molecule has 66 valence electrons. The Bertz CT molecular complexity index is 470. The number of benzene rings is 1. The van der Waals surface area contributed by atoms with E-state index in [1.807, 2.05) is 18.2 Å². The lowest BCUT2D eigenvalue weighted by atomic mass is 10.2. The zero-order chi connectivity index (χ0) is 9.42. The van der Waals surface area contributed by atoms with Gasteiger partial charge in [-0.25, -0.2) is 4.98 Å². The van der Waals surface area contributed by atoms with Crippen LogP contribution in [0.1, 0.15) is 0 Å². The molecule has 4 heteroatoms. The molecule has 0 unspecified atom stereocenters. The van der Waals surface area contributed by atoms with E-state index < -0.39 is 0 Å². The van der Waals surface area contributed by atoms with E-state index in [1.165, 1.54) is 0 Å². The molecule has 2 rings (SSSR count). The number of aromatic nitrogens is 1. The van der Waals surface area contributed by atoms with Crippen molar-refractivity contribution in [1.29, 1.82) is 0 Å². The topological polar surface area (TPSA) is 12.9 Å². The van der Waals surface area contributed by atoms with Gasteiger partial charge in [-0.3, -0.25) is 0 Å². The van der Waals surface area contributed by atoms with Crippen LogP contribution in [0, 0.1) is 0 Å². The smallest absolute Gasteiger partial charge is 0.129 e. The Morgan fingerprint density at radius 1 is 1.08 bits per heavy atom. The lowest BCUT2D eigenvalue weighted by Gasteiger charge is -2.01. The highest BCUT2D eigenvalue weighted by Gasteiger charge is 2.04. The van der Waals surface area contributed by atoms with Gasteiger partial charge in [-0.1, -0.05) is 23.2 Å². The molecule has 0 N–H and O–H groups in total. The predicted molar refractivity (Wildman–Crippen MR) is 59.5 cm³/mol. The molecule has 1 aromatic carbocycles. The van der Waals surface area contributed by atoms with Crippen LogP contribution in [0.2, 0.25) is 10.2 Å². The molecule has 0 saturated carbocycles. The molecular formula is C9H4BrCl2N. The minimum absolute atomic E-state index is 0.468. The van der Waals surface area contributed by atoms with Crippen LogP contribution >= 0.6 is 39.1 Å². The van der Waals surface area contributed by atoms with Gasteiger partial charge in [-0.2, -0.15) is 0 Å². The second-order valence-corrected chi connectivity index (χ2v) is 4.21. The fraction of sp³-hybridized carbons (Fsp3) is 0. The molecule has 0 amide bonds. The van der Waals surface area contributed by atoms with Gasteiger partial charge in [0, 0.05) is 9.86 Å². The first-order valence-electron chi connectivity index (χ1n) is 3.59. The van der Waals surface area contributed by atoms with E-state index in [0.29, 0.717) is 10.2 Å². The molecule has 0 fully saturated rings. The number of hydrogen-bond acceptors (Lipinski definition) is 1. The second-order valence-electron chi connectivity index (χ2n) is 2.56. The van der Waals surface area contributed by atoms with E-state index in [9.17, 15) is 0 Å². The molecule has 0 aliphatic heterocycles. The Morgan fingerprint density at radius 2 is 1.85 bits per heavy atom. The minimum Gasteiger partial charge on any atom is -0.235 e. The summed E-state index contributed by atoms with van der Waals surface area (Å²) in [6.07, 6.45) is 0. The molecule has 2 aromatic rings. The average molecular weight is 277 g/mol. The Hall–Kier alpha value is -0.310. The van der Waals surface area contributed by atoms with Crippen LogP contribution in [0.15, 0.2) is 28.7 Å². The van der Waals surface area contributed by atoms with E-state index in [4.69, 9.17) is 23.2 Å². The van der Waals surface area contributed by atoms with Crippen molar-refractivity contribution in [1.82, 2.24) is 4.98 Å². The number of hydrogen-bond donors (Lipinski definition) is 0. The maximum absolute atomic E-state index is 5.98. The fourth-order valence-corrected chi connectivity index (χ4v) is 1.92. The summed E-state index contributed by atoms with van der Waals surface area (Å²) in [4.78, 5) is 4.17. The van der Waals surface area contributed by atoms with Crippen molar-refractivity contribution in [2.75, 3.05) is 0 Å². The van der Waals surface area contributed by atoms with Crippen LogP contribution in [-0.2, 0) is 0 Å². The Balaban J connectivity index is 2.92. The first-order valence-corrected chi connectivity index (χ1v) is 5.13. The second kappa shape index (κ2) is 3.45. The summed E-state index contributed by atoms with van der Waals surface area (Å²) in [6.45, 7) is 0. The van der Waals surface area contributed by atoms with Crippen LogP contribution in [0.5, 0.6) is 0 Å². The predicted octanol–water partition coefficient (Wildman–Crippen LogP) is 4.30. The average Bonchev–Trinajstić information content (AvgIpc) is 2.12. The number of nitrogens with zero attached hydrogens (tertiary/aromatic N) is 1. The van der Waals surface area contributed by atoms with Gasteiger partial charge in [-0.05, 0) is 40.2 Å². The molecule has 1 aromatic heterocycles. The van der Waals surface area contributed by atoms with E-state index >= 15 is 0 Å². The summed E-state index contributed by atoms with van der Waals surface area (Å²) in [5.74, 6) is 0. The zero-order valence-electron chi connectivity index (χ0n) is 6.39. The van der Waals surface area contributed by atoms with Crippen molar-refractivity contribution in [3.05, 3.63) is 38.9 Å². The standard InChI is InChI=1S/C9H4BrCl2N/c10-6-2-3-7(11)5-1-4-8(12)13-9(5)6/h1-4H. The fourth-order valence-electron chi connectivity index (χ4n) is 1.13. The Morgan fingerprint density at radius 3 is 2.62 bits per heavy atom. The van der Waals surface area contributed by atoms with Crippen LogP contribution in [0.4, 0.5) is 0 Å². The molecule has 0 saturated heterocycles. The van der Waals surface area contributed by atoms with Crippen molar-refractivity contribution in [3.63, 3.8) is 0 Å². The van der Waals surface area contributed by atoms with Gasteiger partial charge in [0.2, 0.25) is 0 Å². The summed E-state index contributed by atoms with van der Waals surface area (Å²) in [6, 6.07) is 7.26. The third-order valence-corrected chi connectivity index (χ3v) is 2.90. The van der Waals surface area contributed by atoms with Gasteiger partial charge in [0.05, 0.1) is 10.5 Å². The number of fused-ring (bicyclic) bond motifs is 1. The largest absolute Gasteiger partial charge is 0.235 e. The number of halogens is 3. The number of rotatable bonds is 0. The molecule has 13 heavy (non-hydrogen) atoms. The maximum Gasteiger partial charge on any atom is 0.129 e. The summed E-state index contributed by atoms with van der Waals surface area (Å²) < 4.78 is 0.898. The molecule has 1 heterocycles. The van der Waals surface area contributed by atoms with Crippen molar-refractivity contribution in [3.8, 4) is 0 Å². The van der Waals surface area contributed by atoms with Crippen molar-refractivity contribution in [2.24, 2.45) is 0 Å². The first-order chi connectivity index (χ1) is 6.18. The van der Waals surface area contributed by atoms with E-state index in [2.05, 4.69) is 20.9 Å². The van der Waals surface area contributed by atoms with Gasteiger partial charge >= 0.3 is 0 Å². The Kier molecular flexibility index (Phi) is 2.45. The minimum atomic E-state index is 0.468. The third-order valence-electron chi connectivity index (χ3n) is 1.72. The van der Waals surface area contributed by atoms with E-state index in [1.54, 1.807) is 6.07 Å². The lowest BCUT2D eigenvalue weighted by molar-refractivity contribution is 1.40. The van der Waals surface area contributed by atoms with Crippen LogP contribution < -0.4 is 0 Å². The Labute approximate surface area is 93.8 Å².